The summed E-state index contributed by atoms with van der Waals surface area (Å²) in [5.41, 5.74) is -0.323. The zero-order chi connectivity index (χ0) is 11.4. The van der Waals surface area contributed by atoms with Gasteiger partial charge in [0.05, 0.1) is 12.7 Å². The molecule has 0 aliphatic heterocycles. The first-order valence-electron chi connectivity index (χ1n) is 3.83. The Labute approximate surface area is 84.3 Å². The summed E-state index contributed by atoms with van der Waals surface area (Å²) in [7, 11) is 1.12. The van der Waals surface area contributed by atoms with Gasteiger partial charge >= 0.3 is 5.97 Å². The van der Waals surface area contributed by atoms with Crippen molar-refractivity contribution in [3.05, 3.63) is 29.3 Å². The number of rotatable bonds is 0. The minimum absolute atomic E-state index is 0.323. The minimum atomic E-state index is -1.40. The highest BCUT2D eigenvalue weighted by atomic mass is 19.2. The molecule has 3 nitrogen and oxygen atoms in total. The van der Waals surface area contributed by atoms with E-state index in [1.807, 2.05) is 5.92 Å². The van der Waals surface area contributed by atoms with Crippen LogP contribution < -0.4 is 0 Å². The second kappa shape index (κ2) is 4.42. The lowest BCUT2D eigenvalue weighted by molar-refractivity contribution is -0.133. The van der Waals surface area contributed by atoms with E-state index in [1.54, 1.807) is 0 Å². The van der Waals surface area contributed by atoms with Gasteiger partial charge in [-0.1, -0.05) is 5.92 Å². The molecule has 0 spiro atoms. The van der Waals surface area contributed by atoms with Crippen molar-refractivity contribution in [1.82, 2.24) is 0 Å². The molecular weight excluding hydrogens is 206 g/mol. The maximum atomic E-state index is 13.0. The molecule has 15 heavy (non-hydrogen) atoms. The van der Waals surface area contributed by atoms with Crippen LogP contribution in [-0.4, -0.2) is 18.2 Å². The third-order valence-electron chi connectivity index (χ3n) is 1.55. The zero-order valence-electron chi connectivity index (χ0n) is 7.67. The van der Waals surface area contributed by atoms with Crippen LogP contribution in [0.15, 0.2) is 12.1 Å². The number of benzene rings is 1. The molecule has 0 aromatic heterocycles. The first-order valence-corrected chi connectivity index (χ1v) is 3.83. The number of hydrogen-bond donors (Lipinski definition) is 1. The van der Waals surface area contributed by atoms with Gasteiger partial charge in [0, 0.05) is 5.92 Å². The summed E-state index contributed by atoms with van der Waals surface area (Å²) in [6.07, 6.45) is 0. The summed E-state index contributed by atoms with van der Waals surface area (Å²) in [6, 6.07) is 2.00. The predicted molar refractivity (Wildman–Crippen MR) is 46.9 cm³/mol. The Morgan fingerprint density at radius 2 is 2.07 bits per heavy atom. The van der Waals surface area contributed by atoms with E-state index in [0.29, 0.717) is 0 Å². The van der Waals surface area contributed by atoms with Crippen molar-refractivity contribution in [1.29, 1.82) is 0 Å². The van der Waals surface area contributed by atoms with E-state index in [0.717, 1.165) is 19.2 Å². The van der Waals surface area contributed by atoms with Gasteiger partial charge in [0.25, 0.3) is 0 Å². The Hall–Kier alpha value is -2.09. The number of methoxy groups -OCH3 is 1. The lowest BCUT2D eigenvalue weighted by atomic mass is 10.2. The zero-order valence-corrected chi connectivity index (χ0v) is 7.67. The molecule has 0 saturated carbocycles. The summed E-state index contributed by atoms with van der Waals surface area (Å²) in [5.74, 6) is -0.346. The summed E-state index contributed by atoms with van der Waals surface area (Å²) in [6.45, 7) is 0. The Morgan fingerprint density at radius 1 is 1.40 bits per heavy atom. The molecule has 1 aromatic rings. The van der Waals surface area contributed by atoms with Gasteiger partial charge in [-0.25, -0.2) is 9.18 Å². The fourth-order valence-corrected chi connectivity index (χ4v) is 0.805. The highest BCUT2D eigenvalue weighted by molar-refractivity contribution is 5.89. The van der Waals surface area contributed by atoms with Gasteiger partial charge in [-0.3, -0.25) is 0 Å². The maximum absolute atomic E-state index is 13.0. The molecule has 1 rings (SSSR count). The second-order valence-electron chi connectivity index (χ2n) is 2.50. The molecular formula is C10H6F2O3. The van der Waals surface area contributed by atoms with E-state index < -0.39 is 23.4 Å². The number of aromatic hydroxyl groups is 1. The number of halogens is 2. The Bertz CT molecular complexity index is 458. The summed E-state index contributed by atoms with van der Waals surface area (Å²) >= 11 is 0. The van der Waals surface area contributed by atoms with Gasteiger partial charge in [-0.2, -0.15) is 4.39 Å². The van der Waals surface area contributed by atoms with Gasteiger partial charge in [0.1, 0.15) is 0 Å². The Morgan fingerprint density at radius 3 is 2.67 bits per heavy atom. The average Bonchev–Trinajstić information content (AvgIpc) is 2.24. The van der Waals surface area contributed by atoms with Crippen LogP contribution >= 0.6 is 0 Å². The van der Waals surface area contributed by atoms with Gasteiger partial charge < -0.3 is 9.84 Å². The van der Waals surface area contributed by atoms with Crippen LogP contribution in [0.1, 0.15) is 5.56 Å². The fourth-order valence-electron chi connectivity index (χ4n) is 0.805. The lowest BCUT2D eigenvalue weighted by Gasteiger charge is -1.98. The number of hydrogen-bond acceptors (Lipinski definition) is 3. The molecule has 0 heterocycles. The van der Waals surface area contributed by atoms with Gasteiger partial charge in [0.15, 0.2) is 11.6 Å². The third-order valence-corrected chi connectivity index (χ3v) is 1.55. The van der Waals surface area contributed by atoms with Crippen LogP contribution in [0.3, 0.4) is 0 Å². The SMILES string of the molecule is COC(=O)C#Cc1ccc(O)c(F)c1F. The number of ether oxygens (including phenoxy) is 1. The van der Waals surface area contributed by atoms with E-state index in [1.165, 1.54) is 0 Å². The molecule has 0 aliphatic carbocycles. The highest BCUT2D eigenvalue weighted by Gasteiger charge is 2.10. The molecule has 0 amide bonds. The highest BCUT2D eigenvalue weighted by Crippen LogP contribution is 2.20. The van der Waals surface area contributed by atoms with Crippen LogP contribution in [0, 0.1) is 23.5 Å². The van der Waals surface area contributed by atoms with Gasteiger partial charge in [-0.05, 0) is 12.1 Å². The molecule has 5 heteroatoms. The molecule has 0 aliphatic rings. The quantitative estimate of drug-likeness (QED) is 0.519. The van der Waals surface area contributed by atoms with Crippen molar-refractivity contribution in [2.45, 2.75) is 0 Å². The van der Waals surface area contributed by atoms with Crippen molar-refractivity contribution in [3.8, 4) is 17.6 Å². The number of phenols is 1. The molecule has 0 unspecified atom stereocenters. The molecule has 0 fully saturated rings. The minimum Gasteiger partial charge on any atom is -0.505 e. The molecule has 0 atom stereocenters. The monoisotopic (exact) mass is 212 g/mol. The molecule has 0 bridgehead atoms. The van der Waals surface area contributed by atoms with E-state index >= 15 is 0 Å². The second-order valence-corrected chi connectivity index (χ2v) is 2.50. The van der Waals surface area contributed by atoms with E-state index in [2.05, 4.69) is 10.7 Å². The first-order chi connectivity index (χ1) is 7.06. The third kappa shape index (κ3) is 2.44. The number of carbonyl (C=O) groups excluding carboxylic acids is 1. The normalized spacial score (nSPS) is 9.00. The smallest absolute Gasteiger partial charge is 0.384 e. The van der Waals surface area contributed by atoms with Crippen molar-refractivity contribution >= 4 is 5.97 Å². The molecule has 0 radical (unpaired) electrons. The van der Waals surface area contributed by atoms with Crippen molar-refractivity contribution in [3.63, 3.8) is 0 Å². The number of carbonyl (C=O) groups is 1. The summed E-state index contributed by atoms with van der Waals surface area (Å²) in [4.78, 5) is 10.6. The number of phenolic OH excluding ortho intramolecular Hbond substituents is 1. The van der Waals surface area contributed by atoms with Crippen molar-refractivity contribution in [2.24, 2.45) is 0 Å². The Kier molecular flexibility index (Phi) is 3.24. The maximum Gasteiger partial charge on any atom is 0.384 e. The van der Waals surface area contributed by atoms with Crippen LogP contribution in [0.2, 0.25) is 0 Å². The topological polar surface area (TPSA) is 46.5 Å². The fraction of sp³-hybridized carbons (Fsp3) is 0.100. The molecule has 0 saturated heterocycles. The van der Waals surface area contributed by atoms with E-state index in [4.69, 9.17) is 5.11 Å². The van der Waals surface area contributed by atoms with E-state index in [-0.39, 0.29) is 5.56 Å². The summed E-state index contributed by atoms with van der Waals surface area (Å²) in [5, 5.41) is 8.79. The summed E-state index contributed by atoms with van der Waals surface area (Å²) < 4.78 is 30.0. The van der Waals surface area contributed by atoms with E-state index in [9.17, 15) is 13.6 Å². The molecule has 78 valence electrons. The average molecular weight is 212 g/mol. The number of esters is 1. The van der Waals surface area contributed by atoms with Crippen LogP contribution in [0.4, 0.5) is 8.78 Å². The van der Waals surface area contributed by atoms with Crippen molar-refractivity contribution < 1.29 is 23.4 Å². The lowest BCUT2D eigenvalue weighted by Crippen LogP contribution is -1.96. The predicted octanol–water partition coefficient (Wildman–Crippen LogP) is 1.19. The van der Waals surface area contributed by atoms with Gasteiger partial charge in [-0.15, -0.1) is 0 Å². The first kappa shape index (κ1) is 11.0. The van der Waals surface area contributed by atoms with Gasteiger partial charge in [0.2, 0.25) is 5.82 Å². The van der Waals surface area contributed by atoms with Crippen LogP contribution in [0.5, 0.6) is 5.75 Å². The van der Waals surface area contributed by atoms with Crippen LogP contribution in [0.25, 0.3) is 0 Å². The van der Waals surface area contributed by atoms with Crippen LogP contribution in [-0.2, 0) is 9.53 Å². The molecule has 1 N–H and O–H groups in total. The molecule has 1 aromatic carbocycles. The Balaban J connectivity index is 3.10. The standard InChI is InChI=1S/C10H6F2O3/c1-15-8(14)5-3-6-2-4-7(13)10(12)9(6)11/h2,4,13H,1H3. The largest absolute Gasteiger partial charge is 0.505 e. The van der Waals surface area contributed by atoms with Crippen molar-refractivity contribution in [2.75, 3.05) is 7.11 Å².